The number of carbonyl (C=O) groups is 1. The molecule has 3 nitrogen and oxygen atoms in total. The zero-order valence-corrected chi connectivity index (χ0v) is 10.4. The Morgan fingerprint density at radius 3 is 2.44 bits per heavy atom. The van der Waals surface area contributed by atoms with Crippen LogP contribution >= 0.6 is 12.4 Å². The predicted octanol–water partition coefficient (Wildman–Crippen LogP) is 1.59. The minimum Gasteiger partial charge on any atom is -0.351 e. The lowest BCUT2D eigenvalue weighted by molar-refractivity contribution is -0.130. The van der Waals surface area contributed by atoms with Crippen LogP contribution in [0.2, 0.25) is 0 Å². The summed E-state index contributed by atoms with van der Waals surface area (Å²) < 4.78 is 0. The maximum atomic E-state index is 11.9. The molecule has 0 aliphatic heterocycles. The zero-order valence-electron chi connectivity index (χ0n) is 9.58. The fourth-order valence-corrected chi connectivity index (χ4v) is 3.52. The molecular weight excluding hydrogens is 224 g/mol. The van der Waals surface area contributed by atoms with Crippen LogP contribution in [0.15, 0.2) is 0 Å². The van der Waals surface area contributed by atoms with Crippen LogP contribution in [-0.4, -0.2) is 17.5 Å². The second-order valence-electron chi connectivity index (χ2n) is 5.76. The largest absolute Gasteiger partial charge is 0.351 e. The summed E-state index contributed by atoms with van der Waals surface area (Å²) in [5.41, 5.74) is 5.50. The maximum Gasteiger partial charge on any atom is 0.240 e. The van der Waals surface area contributed by atoms with Gasteiger partial charge in [0.1, 0.15) is 0 Å². The molecule has 0 heterocycles. The average Bonchev–Trinajstić information content (AvgIpc) is 2.75. The van der Waals surface area contributed by atoms with E-state index < -0.39 is 5.54 Å². The minimum absolute atomic E-state index is 0. The summed E-state index contributed by atoms with van der Waals surface area (Å²) in [6, 6.07) is 0.442. The van der Waals surface area contributed by atoms with Crippen molar-refractivity contribution in [2.75, 3.05) is 0 Å². The fraction of sp³-hybridized carbons (Fsp3) is 0.917. The van der Waals surface area contributed by atoms with Crippen molar-refractivity contribution < 1.29 is 4.79 Å². The molecule has 3 aliphatic rings. The molecule has 0 aromatic heterocycles. The van der Waals surface area contributed by atoms with Gasteiger partial charge in [0.15, 0.2) is 0 Å². The summed E-state index contributed by atoms with van der Waals surface area (Å²) in [6.45, 7) is 0. The molecule has 2 bridgehead atoms. The molecule has 0 saturated heterocycles. The Morgan fingerprint density at radius 1 is 1.25 bits per heavy atom. The van der Waals surface area contributed by atoms with Crippen molar-refractivity contribution >= 4 is 18.3 Å². The Labute approximate surface area is 103 Å². The Kier molecular flexibility index (Phi) is 3.19. The number of rotatable bonds is 2. The molecule has 3 unspecified atom stereocenters. The second-order valence-corrected chi connectivity index (χ2v) is 5.76. The van der Waals surface area contributed by atoms with Crippen molar-refractivity contribution in [3.05, 3.63) is 0 Å². The predicted molar refractivity (Wildman–Crippen MR) is 65.4 cm³/mol. The third-order valence-corrected chi connectivity index (χ3v) is 4.75. The molecule has 0 aromatic carbocycles. The van der Waals surface area contributed by atoms with E-state index in [0.717, 1.165) is 31.1 Å². The van der Waals surface area contributed by atoms with E-state index in [0.29, 0.717) is 6.04 Å². The fourth-order valence-electron chi connectivity index (χ4n) is 3.52. The molecule has 3 rings (SSSR count). The molecule has 4 heteroatoms. The van der Waals surface area contributed by atoms with Crippen LogP contribution in [-0.2, 0) is 4.79 Å². The van der Waals surface area contributed by atoms with Gasteiger partial charge < -0.3 is 11.1 Å². The number of carbonyl (C=O) groups excluding carboxylic acids is 1. The van der Waals surface area contributed by atoms with Crippen LogP contribution < -0.4 is 11.1 Å². The van der Waals surface area contributed by atoms with Gasteiger partial charge >= 0.3 is 0 Å². The van der Waals surface area contributed by atoms with E-state index in [-0.39, 0.29) is 18.3 Å². The van der Waals surface area contributed by atoms with Gasteiger partial charge in [-0.3, -0.25) is 4.79 Å². The topological polar surface area (TPSA) is 55.1 Å². The van der Waals surface area contributed by atoms with Crippen molar-refractivity contribution in [2.45, 2.75) is 56.5 Å². The van der Waals surface area contributed by atoms with E-state index in [1.165, 1.54) is 25.7 Å². The summed E-state index contributed by atoms with van der Waals surface area (Å²) in [5, 5.41) is 3.19. The van der Waals surface area contributed by atoms with Crippen LogP contribution in [0.3, 0.4) is 0 Å². The van der Waals surface area contributed by atoms with Gasteiger partial charge in [-0.1, -0.05) is 6.42 Å². The molecule has 3 fully saturated rings. The molecule has 3 N–H and O–H groups in total. The van der Waals surface area contributed by atoms with Gasteiger partial charge in [-0.25, -0.2) is 0 Å². The lowest BCUT2D eigenvalue weighted by Gasteiger charge is -2.38. The highest BCUT2D eigenvalue weighted by Crippen LogP contribution is 2.44. The first-order chi connectivity index (χ1) is 7.17. The normalized spacial score (nSPS) is 38.7. The van der Waals surface area contributed by atoms with Gasteiger partial charge in [0.25, 0.3) is 0 Å². The molecule has 3 atom stereocenters. The molecule has 92 valence electrons. The first kappa shape index (κ1) is 12.2. The number of nitrogens with two attached hydrogens (primary N) is 1. The standard InChI is InChI=1S/C12H20N2O.ClH/c13-12(4-1-5-12)11(15)14-10-7-8-2-3-9(10)6-8;/h8-10H,1-7,13H2,(H,14,15);1H. The van der Waals surface area contributed by atoms with E-state index in [1.54, 1.807) is 0 Å². The Bertz CT molecular complexity index is 291. The number of hydrogen-bond acceptors (Lipinski definition) is 2. The number of amides is 1. The molecule has 0 radical (unpaired) electrons. The van der Waals surface area contributed by atoms with Gasteiger partial charge in [-0.15, -0.1) is 12.4 Å². The highest BCUT2D eigenvalue weighted by Gasteiger charge is 2.45. The summed E-state index contributed by atoms with van der Waals surface area (Å²) in [7, 11) is 0. The minimum atomic E-state index is -0.512. The third-order valence-electron chi connectivity index (χ3n) is 4.75. The molecule has 3 aliphatic carbocycles. The third kappa shape index (κ3) is 1.84. The lowest BCUT2D eigenvalue weighted by Crippen LogP contribution is -2.60. The van der Waals surface area contributed by atoms with Crippen LogP contribution in [0.5, 0.6) is 0 Å². The lowest BCUT2D eigenvalue weighted by atomic mass is 9.76. The quantitative estimate of drug-likeness (QED) is 0.775. The molecule has 16 heavy (non-hydrogen) atoms. The Balaban J connectivity index is 0.000000963. The van der Waals surface area contributed by atoms with Crippen LogP contribution in [0.1, 0.15) is 44.9 Å². The summed E-state index contributed by atoms with van der Waals surface area (Å²) in [5.74, 6) is 1.75. The number of hydrogen-bond donors (Lipinski definition) is 2. The van der Waals surface area contributed by atoms with Crippen molar-refractivity contribution in [1.29, 1.82) is 0 Å². The first-order valence-corrected chi connectivity index (χ1v) is 6.27. The average molecular weight is 245 g/mol. The molecule has 1 amide bonds. The second kappa shape index (κ2) is 4.19. The van der Waals surface area contributed by atoms with Crippen LogP contribution in [0.4, 0.5) is 0 Å². The van der Waals surface area contributed by atoms with Gasteiger partial charge in [0, 0.05) is 6.04 Å². The van der Waals surface area contributed by atoms with Crippen LogP contribution in [0.25, 0.3) is 0 Å². The van der Waals surface area contributed by atoms with Crippen LogP contribution in [0, 0.1) is 11.8 Å². The van der Waals surface area contributed by atoms with Gasteiger partial charge in [0.2, 0.25) is 5.91 Å². The summed E-state index contributed by atoms with van der Waals surface area (Å²) >= 11 is 0. The summed E-state index contributed by atoms with van der Waals surface area (Å²) in [6.07, 6.45) is 8.09. The van der Waals surface area contributed by atoms with E-state index in [4.69, 9.17) is 5.73 Å². The molecule has 0 aromatic rings. The number of nitrogens with one attached hydrogen (secondary N) is 1. The monoisotopic (exact) mass is 244 g/mol. The highest BCUT2D eigenvalue weighted by atomic mass is 35.5. The van der Waals surface area contributed by atoms with E-state index in [9.17, 15) is 4.79 Å². The summed E-state index contributed by atoms with van der Waals surface area (Å²) in [4.78, 5) is 11.9. The maximum absolute atomic E-state index is 11.9. The Hall–Kier alpha value is -0.280. The van der Waals surface area contributed by atoms with E-state index >= 15 is 0 Å². The molecular formula is C12H21ClN2O. The number of fused-ring (bicyclic) bond motifs is 2. The van der Waals surface area contributed by atoms with E-state index in [2.05, 4.69) is 5.32 Å². The smallest absolute Gasteiger partial charge is 0.240 e. The van der Waals surface area contributed by atoms with Gasteiger partial charge in [0.05, 0.1) is 5.54 Å². The van der Waals surface area contributed by atoms with Crippen molar-refractivity contribution in [3.63, 3.8) is 0 Å². The SMILES string of the molecule is Cl.NC1(C(=O)NC2CC3CCC2C3)CCC1. The number of halogens is 1. The molecule has 0 spiro atoms. The van der Waals surface area contributed by atoms with Gasteiger partial charge in [-0.05, 0) is 50.4 Å². The van der Waals surface area contributed by atoms with E-state index in [1.807, 2.05) is 0 Å². The Morgan fingerprint density at radius 2 is 2.00 bits per heavy atom. The highest BCUT2D eigenvalue weighted by molar-refractivity contribution is 5.87. The van der Waals surface area contributed by atoms with Crippen molar-refractivity contribution in [2.24, 2.45) is 17.6 Å². The van der Waals surface area contributed by atoms with Crippen molar-refractivity contribution in [1.82, 2.24) is 5.32 Å². The first-order valence-electron chi connectivity index (χ1n) is 6.27. The van der Waals surface area contributed by atoms with Gasteiger partial charge in [-0.2, -0.15) is 0 Å². The molecule has 3 saturated carbocycles. The zero-order chi connectivity index (χ0) is 10.5. The van der Waals surface area contributed by atoms with Crippen molar-refractivity contribution in [3.8, 4) is 0 Å².